The number of hydrogen-bond acceptors (Lipinski definition) is 6. The second-order valence-electron chi connectivity index (χ2n) is 6.10. The van der Waals surface area contributed by atoms with Gasteiger partial charge < -0.3 is 10.1 Å². The van der Waals surface area contributed by atoms with Crippen LogP contribution in [0.2, 0.25) is 0 Å². The first-order valence-electron chi connectivity index (χ1n) is 7.60. The van der Waals surface area contributed by atoms with Gasteiger partial charge in [-0.3, -0.25) is 0 Å². The van der Waals surface area contributed by atoms with Gasteiger partial charge in [-0.2, -0.15) is 0 Å². The van der Waals surface area contributed by atoms with Gasteiger partial charge in [-0.1, -0.05) is 0 Å². The van der Waals surface area contributed by atoms with Crippen molar-refractivity contribution in [2.75, 3.05) is 31.3 Å². The summed E-state index contributed by atoms with van der Waals surface area (Å²) in [4.78, 5) is 8.40. The summed E-state index contributed by atoms with van der Waals surface area (Å²) >= 11 is 0. The molecule has 2 saturated heterocycles. The van der Waals surface area contributed by atoms with Crippen molar-refractivity contribution >= 4 is 16.0 Å². The molecule has 3 heterocycles. The summed E-state index contributed by atoms with van der Waals surface area (Å²) in [7, 11) is -3.10. The fraction of sp³-hybridized carbons (Fsp3) is 0.714. The number of rotatable bonds is 3. The van der Waals surface area contributed by atoms with E-state index in [4.69, 9.17) is 4.74 Å². The molecule has 0 radical (unpaired) electrons. The van der Waals surface area contributed by atoms with E-state index in [1.54, 1.807) is 22.8 Å². The number of nitrogens with zero attached hydrogens (tertiary/aromatic N) is 3. The topological polar surface area (TPSA) is 84.4 Å². The lowest BCUT2D eigenvalue weighted by molar-refractivity contribution is -0.106. The lowest BCUT2D eigenvalue weighted by Gasteiger charge is -2.45. The molecule has 1 aromatic heterocycles. The Hall–Kier alpha value is -1.25. The summed E-state index contributed by atoms with van der Waals surface area (Å²) in [5.41, 5.74) is -0.216. The number of nitrogens with one attached hydrogen (secondary N) is 1. The molecule has 122 valence electrons. The summed E-state index contributed by atoms with van der Waals surface area (Å²) in [5.74, 6) is 0.637. The Morgan fingerprint density at radius 2 is 2.00 bits per heavy atom. The normalized spacial score (nSPS) is 26.0. The zero-order chi connectivity index (χ0) is 15.6. The predicted molar refractivity (Wildman–Crippen MR) is 83.0 cm³/mol. The maximum Gasteiger partial charge on any atom is 0.222 e. The fourth-order valence-corrected chi connectivity index (χ4v) is 4.13. The summed E-state index contributed by atoms with van der Waals surface area (Å²) in [6.45, 7) is 1.75. The molecule has 0 unspecified atom stereocenters. The van der Waals surface area contributed by atoms with E-state index in [0.29, 0.717) is 25.6 Å². The Kier molecular flexibility index (Phi) is 4.33. The predicted octanol–water partition coefficient (Wildman–Crippen LogP) is 0.862. The third-order valence-corrected chi connectivity index (χ3v) is 5.80. The average Bonchev–Trinajstić information content (AvgIpc) is 2.48. The molecule has 3 rings (SSSR count). The van der Waals surface area contributed by atoms with Crippen molar-refractivity contribution in [3.63, 3.8) is 0 Å². The second kappa shape index (κ2) is 6.10. The number of ether oxygens (including phenoxy) is 1. The number of aromatic nitrogens is 2. The monoisotopic (exact) mass is 326 g/mol. The molecule has 0 aromatic carbocycles. The number of sulfonamides is 1. The fourth-order valence-electron chi connectivity index (χ4n) is 3.28. The lowest BCUT2D eigenvalue weighted by atomic mass is 9.83. The van der Waals surface area contributed by atoms with Crippen LogP contribution in [0.5, 0.6) is 0 Å². The smallest absolute Gasteiger partial charge is 0.222 e. The molecular weight excluding hydrogens is 304 g/mol. The molecule has 0 amide bonds. The molecule has 1 N–H and O–H groups in total. The molecule has 2 fully saturated rings. The molecule has 2 aliphatic rings. The molecule has 7 nitrogen and oxygen atoms in total. The molecule has 0 saturated carbocycles. The Balaban J connectivity index is 1.61. The number of anilines is 1. The molecule has 8 heteroatoms. The Labute approximate surface area is 131 Å². The van der Waals surface area contributed by atoms with Crippen molar-refractivity contribution in [3.05, 3.63) is 18.5 Å². The highest BCUT2D eigenvalue weighted by Crippen LogP contribution is 2.36. The third-order valence-electron chi connectivity index (χ3n) is 4.49. The highest BCUT2D eigenvalue weighted by atomic mass is 32.2. The molecule has 1 aromatic rings. The standard InChI is InChI=1S/C14H22N4O3S/c1-22(19,20)18-8-4-14(5-9-18)11-12(3-10-21-14)17-13-15-6-2-7-16-13/h2,6-7,12H,3-5,8-11H2,1H3,(H,15,16,17)/t12-/m0/s1. The molecule has 2 aliphatic heterocycles. The van der Waals surface area contributed by atoms with Crippen LogP contribution in [0.25, 0.3) is 0 Å². The first-order valence-corrected chi connectivity index (χ1v) is 9.44. The van der Waals surface area contributed by atoms with Gasteiger partial charge in [0.25, 0.3) is 0 Å². The van der Waals surface area contributed by atoms with Gasteiger partial charge in [-0.15, -0.1) is 0 Å². The van der Waals surface area contributed by atoms with Gasteiger partial charge in [-0.05, 0) is 31.7 Å². The summed E-state index contributed by atoms with van der Waals surface area (Å²) in [5, 5.41) is 3.36. The Bertz CT molecular complexity index is 600. The third kappa shape index (κ3) is 3.56. The molecule has 0 aliphatic carbocycles. The van der Waals surface area contributed by atoms with Crippen LogP contribution in [0.15, 0.2) is 18.5 Å². The van der Waals surface area contributed by atoms with Gasteiger partial charge in [-0.25, -0.2) is 22.7 Å². The van der Waals surface area contributed by atoms with Crippen molar-refractivity contribution in [1.29, 1.82) is 0 Å². The van der Waals surface area contributed by atoms with Crippen LogP contribution in [0, 0.1) is 0 Å². The maximum atomic E-state index is 11.6. The quantitative estimate of drug-likeness (QED) is 0.887. The SMILES string of the molecule is CS(=O)(=O)N1CCC2(CC1)C[C@@H](Nc1ncccn1)CCO2. The number of hydrogen-bond donors (Lipinski definition) is 1. The van der Waals surface area contributed by atoms with Crippen molar-refractivity contribution in [1.82, 2.24) is 14.3 Å². The second-order valence-corrected chi connectivity index (χ2v) is 8.08. The highest BCUT2D eigenvalue weighted by Gasteiger charge is 2.41. The van der Waals surface area contributed by atoms with Crippen molar-refractivity contribution in [2.45, 2.75) is 37.3 Å². The van der Waals surface area contributed by atoms with E-state index in [2.05, 4.69) is 15.3 Å². The van der Waals surface area contributed by atoms with Gasteiger partial charge >= 0.3 is 0 Å². The minimum absolute atomic E-state index is 0.216. The van der Waals surface area contributed by atoms with E-state index in [0.717, 1.165) is 25.7 Å². The van der Waals surface area contributed by atoms with E-state index < -0.39 is 10.0 Å². The van der Waals surface area contributed by atoms with Crippen molar-refractivity contribution < 1.29 is 13.2 Å². The van der Waals surface area contributed by atoms with E-state index in [9.17, 15) is 8.42 Å². The molecule has 1 spiro atoms. The lowest BCUT2D eigenvalue weighted by Crippen LogP contribution is -2.52. The molecule has 1 atom stereocenters. The van der Waals surface area contributed by atoms with E-state index in [1.165, 1.54) is 6.26 Å². The van der Waals surface area contributed by atoms with Gasteiger partial charge in [0.2, 0.25) is 16.0 Å². The molecular formula is C14H22N4O3S. The van der Waals surface area contributed by atoms with Gasteiger partial charge in [0.15, 0.2) is 0 Å². The van der Waals surface area contributed by atoms with Crippen LogP contribution < -0.4 is 5.32 Å². The average molecular weight is 326 g/mol. The first kappa shape index (κ1) is 15.6. The Morgan fingerprint density at radius 3 is 2.64 bits per heavy atom. The summed E-state index contributed by atoms with van der Waals surface area (Å²) < 4.78 is 30.8. The van der Waals surface area contributed by atoms with Crippen LogP contribution in [0.4, 0.5) is 5.95 Å². The zero-order valence-corrected chi connectivity index (χ0v) is 13.6. The largest absolute Gasteiger partial charge is 0.375 e. The van der Waals surface area contributed by atoms with Crippen molar-refractivity contribution in [3.8, 4) is 0 Å². The maximum absolute atomic E-state index is 11.6. The molecule has 0 bridgehead atoms. The minimum Gasteiger partial charge on any atom is -0.375 e. The van der Waals surface area contributed by atoms with E-state index >= 15 is 0 Å². The van der Waals surface area contributed by atoms with Gasteiger partial charge in [0.1, 0.15) is 0 Å². The zero-order valence-electron chi connectivity index (χ0n) is 12.7. The van der Waals surface area contributed by atoms with Gasteiger partial charge in [0, 0.05) is 38.1 Å². The van der Waals surface area contributed by atoms with Crippen LogP contribution in [0.3, 0.4) is 0 Å². The first-order chi connectivity index (χ1) is 10.5. The van der Waals surface area contributed by atoms with Crippen LogP contribution >= 0.6 is 0 Å². The van der Waals surface area contributed by atoms with Crippen molar-refractivity contribution in [2.24, 2.45) is 0 Å². The van der Waals surface area contributed by atoms with Crippen LogP contribution in [-0.4, -0.2) is 60.3 Å². The summed E-state index contributed by atoms with van der Waals surface area (Å²) in [6, 6.07) is 2.05. The van der Waals surface area contributed by atoms with Crippen LogP contribution in [0.1, 0.15) is 25.7 Å². The van der Waals surface area contributed by atoms with Gasteiger partial charge in [0.05, 0.1) is 11.9 Å². The number of piperidine rings is 1. The van der Waals surface area contributed by atoms with E-state index in [-0.39, 0.29) is 11.6 Å². The molecule has 22 heavy (non-hydrogen) atoms. The van der Waals surface area contributed by atoms with Crippen LogP contribution in [-0.2, 0) is 14.8 Å². The summed E-state index contributed by atoms with van der Waals surface area (Å²) in [6.07, 6.45) is 7.97. The minimum atomic E-state index is -3.10. The highest BCUT2D eigenvalue weighted by molar-refractivity contribution is 7.88. The van der Waals surface area contributed by atoms with E-state index in [1.807, 2.05) is 0 Å². The Morgan fingerprint density at radius 1 is 1.32 bits per heavy atom.